The van der Waals surface area contributed by atoms with Crippen molar-refractivity contribution >= 4 is 33.4 Å². The van der Waals surface area contributed by atoms with Crippen molar-refractivity contribution in [3.8, 4) is 11.3 Å². The summed E-state index contributed by atoms with van der Waals surface area (Å²) in [6, 6.07) is 15.2. The number of primary sulfonamides is 1. The molecule has 10 heteroatoms. The van der Waals surface area contributed by atoms with Gasteiger partial charge in [-0.2, -0.15) is 0 Å². The van der Waals surface area contributed by atoms with Gasteiger partial charge in [-0.1, -0.05) is 49.0 Å². The number of benzene rings is 2. The van der Waals surface area contributed by atoms with Crippen molar-refractivity contribution in [1.29, 1.82) is 0 Å². The molecule has 0 radical (unpaired) electrons. The number of carbonyl (C=O) groups excluding carboxylic acids is 1. The van der Waals surface area contributed by atoms with E-state index in [1.807, 2.05) is 37.3 Å². The van der Waals surface area contributed by atoms with Gasteiger partial charge in [0, 0.05) is 11.3 Å². The molecule has 1 heterocycles. The molecule has 8 nitrogen and oxygen atoms in total. The average Bonchev–Trinajstić information content (AvgIpc) is 2.73. The molecule has 0 bridgehead atoms. The lowest BCUT2D eigenvalue weighted by Gasteiger charge is -2.14. The van der Waals surface area contributed by atoms with E-state index in [1.54, 1.807) is 6.20 Å². The molecular formula is C19H19N5O3S2. The molecule has 3 N–H and O–H groups in total. The molecule has 1 unspecified atom stereocenters. The zero-order chi connectivity index (χ0) is 20.9. The standard InChI is InChI=1S/C19H19N5O3S2/c1-2-17(18(25)22-14-8-10-15(11-9-14)29(20,26)27)28-19-21-12-16(23-24-19)13-6-4-3-5-7-13/h3-12,17H,2H2,1H3,(H,22,25)(H2,20,26,27). The van der Waals surface area contributed by atoms with Gasteiger partial charge in [0.2, 0.25) is 21.1 Å². The van der Waals surface area contributed by atoms with E-state index < -0.39 is 15.3 Å². The van der Waals surface area contributed by atoms with E-state index in [0.29, 0.717) is 23.0 Å². The average molecular weight is 430 g/mol. The van der Waals surface area contributed by atoms with Crippen molar-refractivity contribution in [2.24, 2.45) is 5.14 Å². The third-order valence-electron chi connectivity index (χ3n) is 3.97. The van der Waals surface area contributed by atoms with Gasteiger partial charge in [0.25, 0.3) is 0 Å². The van der Waals surface area contributed by atoms with Crippen molar-refractivity contribution in [2.75, 3.05) is 5.32 Å². The number of amides is 1. The lowest BCUT2D eigenvalue weighted by atomic mass is 10.2. The summed E-state index contributed by atoms with van der Waals surface area (Å²) in [6.45, 7) is 1.88. The second-order valence-corrected chi connectivity index (χ2v) is 8.80. The van der Waals surface area contributed by atoms with Crippen LogP contribution in [0, 0.1) is 0 Å². The third-order valence-corrected chi connectivity index (χ3v) is 6.13. The Morgan fingerprint density at radius 2 is 1.79 bits per heavy atom. The molecule has 0 aliphatic heterocycles. The molecule has 0 aliphatic rings. The van der Waals surface area contributed by atoms with Gasteiger partial charge in [-0.3, -0.25) is 4.79 Å². The number of nitrogens with two attached hydrogens (primary N) is 1. The topological polar surface area (TPSA) is 128 Å². The number of aromatic nitrogens is 3. The van der Waals surface area contributed by atoms with Gasteiger partial charge >= 0.3 is 0 Å². The van der Waals surface area contributed by atoms with E-state index in [0.717, 1.165) is 5.56 Å². The Hall–Kier alpha value is -2.82. The molecule has 1 amide bonds. The minimum atomic E-state index is -3.77. The summed E-state index contributed by atoms with van der Waals surface area (Å²) in [5.41, 5.74) is 2.04. The lowest BCUT2D eigenvalue weighted by molar-refractivity contribution is -0.115. The maximum atomic E-state index is 12.6. The number of carbonyl (C=O) groups is 1. The van der Waals surface area contributed by atoms with Gasteiger partial charge in [-0.05, 0) is 30.7 Å². The van der Waals surface area contributed by atoms with Crippen LogP contribution in [-0.4, -0.2) is 34.8 Å². The number of rotatable bonds is 7. The van der Waals surface area contributed by atoms with Crippen LogP contribution in [0.1, 0.15) is 13.3 Å². The second-order valence-electron chi connectivity index (χ2n) is 6.07. The molecule has 1 aromatic heterocycles. The molecule has 150 valence electrons. The first-order valence-corrected chi connectivity index (χ1v) is 11.1. The fraction of sp³-hybridized carbons (Fsp3) is 0.158. The minimum absolute atomic E-state index is 0.0186. The van der Waals surface area contributed by atoms with E-state index in [1.165, 1.54) is 36.0 Å². The normalized spacial score (nSPS) is 12.3. The van der Waals surface area contributed by atoms with Gasteiger partial charge < -0.3 is 5.32 Å². The van der Waals surface area contributed by atoms with E-state index in [9.17, 15) is 13.2 Å². The number of nitrogens with zero attached hydrogens (tertiary/aromatic N) is 3. The van der Waals surface area contributed by atoms with Crippen molar-refractivity contribution in [2.45, 2.75) is 28.6 Å². The summed E-state index contributed by atoms with van der Waals surface area (Å²) < 4.78 is 22.6. The van der Waals surface area contributed by atoms with Crippen LogP contribution in [0.2, 0.25) is 0 Å². The van der Waals surface area contributed by atoms with Gasteiger partial charge in [0.15, 0.2) is 0 Å². The highest BCUT2D eigenvalue weighted by atomic mass is 32.2. The van der Waals surface area contributed by atoms with Gasteiger partial charge in [0.05, 0.1) is 16.3 Å². The second kappa shape index (κ2) is 9.12. The van der Waals surface area contributed by atoms with Crippen molar-refractivity contribution in [3.05, 3.63) is 60.8 Å². The van der Waals surface area contributed by atoms with Gasteiger partial charge in [-0.25, -0.2) is 18.5 Å². The molecule has 0 aliphatic carbocycles. The van der Waals surface area contributed by atoms with Crippen LogP contribution < -0.4 is 10.5 Å². The number of hydrogen-bond acceptors (Lipinski definition) is 7. The molecule has 2 aromatic carbocycles. The summed E-state index contributed by atoms with van der Waals surface area (Å²) in [7, 11) is -3.77. The van der Waals surface area contributed by atoms with Crippen LogP contribution in [0.4, 0.5) is 5.69 Å². The Kier molecular flexibility index (Phi) is 6.57. The van der Waals surface area contributed by atoms with E-state index in [-0.39, 0.29) is 10.8 Å². The SMILES string of the molecule is CCC(Sc1ncc(-c2ccccc2)nn1)C(=O)Nc1ccc(S(N)(=O)=O)cc1. The highest BCUT2D eigenvalue weighted by Crippen LogP contribution is 2.24. The minimum Gasteiger partial charge on any atom is -0.325 e. The number of hydrogen-bond donors (Lipinski definition) is 2. The summed E-state index contributed by atoms with van der Waals surface area (Å²) in [5, 5.41) is 16.1. The predicted molar refractivity (Wildman–Crippen MR) is 112 cm³/mol. The van der Waals surface area contributed by atoms with E-state index in [2.05, 4.69) is 20.5 Å². The maximum absolute atomic E-state index is 12.6. The number of thioether (sulfide) groups is 1. The molecule has 3 aromatic rings. The Bertz CT molecular complexity index is 1070. The molecule has 0 saturated heterocycles. The zero-order valence-electron chi connectivity index (χ0n) is 15.5. The van der Waals surface area contributed by atoms with Crippen LogP contribution in [-0.2, 0) is 14.8 Å². The highest BCUT2D eigenvalue weighted by molar-refractivity contribution is 8.00. The van der Waals surface area contributed by atoms with Gasteiger partial charge in [-0.15, -0.1) is 10.2 Å². The molecular weight excluding hydrogens is 410 g/mol. The number of sulfonamides is 1. The first-order valence-electron chi connectivity index (χ1n) is 8.72. The van der Waals surface area contributed by atoms with Crippen molar-refractivity contribution < 1.29 is 13.2 Å². The smallest absolute Gasteiger partial charge is 0.238 e. The number of nitrogens with one attached hydrogen (secondary N) is 1. The monoisotopic (exact) mass is 429 g/mol. The predicted octanol–water partition coefficient (Wildman–Crippen LogP) is 2.70. The Balaban J connectivity index is 1.65. The van der Waals surface area contributed by atoms with E-state index in [4.69, 9.17) is 5.14 Å². The Morgan fingerprint density at radius 3 is 2.34 bits per heavy atom. The zero-order valence-corrected chi connectivity index (χ0v) is 17.2. The molecule has 0 fully saturated rings. The third kappa shape index (κ3) is 5.59. The molecule has 0 saturated carbocycles. The molecule has 29 heavy (non-hydrogen) atoms. The Labute approximate surface area is 173 Å². The summed E-state index contributed by atoms with van der Waals surface area (Å²) >= 11 is 1.21. The number of anilines is 1. The van der Waals surface area contributed by atoms with Crippen LogP contribution in [0.3, 0.4) is 0 Å². The highest BCUT2D eigenvalue weighted by Gasteiger charge is 2.20. The lowest BCUT2D eigenvalue weighted by Crippen LogP contribution is -2.25. The summed E-state index contributed by atoms with van der Waals surface area (Å²) in [4.78, 5) is 16.8. The fourth-order valence-corrected chi connectivity index (χ4v) is 3.76. The van der Waals surface area contributed by atoms with Gasteiger partial charge in [0.1, 0.15) is 5.69 Å². The first kappa shape index (κ1) is 20.9. The molecule has 1 atom stereocenters. The fourth-order valence-electron chi connectivity index (χ4n) is 2.46. The van der Waals surface area contributed by atoms with E-state index >= 15 is 0 Å². The van der Waals surface area contributed by atoms with Crippen LogP contribution >= 0.6 is 11.8 Å². The first-order chi connectivity index (χ1) is 13.9. The maximum Gasteiger partial charge on any atom is 0.238 e. The van der Waals surface area contributed by atoms with Crippen molar-refractivity contribution in [1.82, 2.24) is 15.2 Å². The molecule has 3 rings (SSSR count). The summed E-state index contributed by atoms with van der Waals surface area (Å²) in [5.74, 6) is -0.239. The molecule has 0 spiro atoms. The van der Waals surface area contributed by atoms with Crippen LogP contribution in [0.5, 0.6) is 0 Å². The quantitative estimate of drug-likeness (QED) is 0.553. The summed E-state index contributed by atoms with van der Waals surface area (Å²) in [6.07, 6.45) is 2.18. The van der Waals surface area contributed by atoms with Crippen LogP contribution in [0.15, 0.2) is 70.8 Å². The van der Waals surface area contributed by atoms with Crippen LogP contribution in [0.25, 0.3) is 11.3 Å². The van der Waals surface area contributed by atoms with Crippen molar-refractivity contribution in [3.63, 3.8) is 0 Å². The Morgan fingerprint density at radius 1 is 1.10 bits per heavy atom. The largest absolute Gasteiger partial charge is 0.325 e.